The molecule has 6 nitrogen and oxygen atoms in total. The highest BCUT2D eigenvalue weighted by Crippen LogP contribution is 2.57. The SMILES string of the molecule is N#Cc1ccc(-c2ccc3c4c(ccc(-c5c6ccccc6c(-c6cc(-c7ccccc7)cc(-c7ccc(-c8ccc9oc%10ccccc%10c9c8)cc7)n6)c6ccccc56)c24)-c2ccccc2-3)cc1.N#Cc1ccc(-c2ccc3c4c(ccc(-c5ccc(-c6cc(-c7ccccc7)cc(-c7cccc8oc9ccccc9c78)n6)c6ccccc56)c24)-c2ccccc2-3)cc1. The molecule has 0 amide bonds. The van der Waals surface area contributed by atoms with Crippen LogP contribution in [-0.4, -0.2) is 9.97 Å². The van der Waals surface area contributed by atoms with E-state index in [1.807, 2.05) is 54.6 Å². The Morgan fingerprint density at radius 3 is 1.05 bits per heavy atom. The summed E-state index contributed by atoms with van der Waals surface area (Å²) in [6.45, 7) is 0. The minimum Gasteiger partial charge on any atom is -0.456 e. The molecule has 26 rings (SSSR count). The Bertz CT molecular complexity index is 8760. The first-order valence-electron chi connectivity index (χ1n) is 43.3. The number of nitriles is 2. The van der Waals surface area contributed by atoms with Gasteiger partial charge in [-0.2, -0.15) is 10.5 Å². The third-order valence-electron chi connectivity index (χ3n) is 26.4. The molecule has 6 heteroatoms. The number of hydrogen-bond acceptors (Lipinski definition) is 6. The molecular weight excluding hydrogens is 1550 g/mol. The Balaban J connectivity index is 0.000000141. The van der Waals surface area contributed by atoms with Crippen LogP contribution in [0.15, 0.2) is 433 Å². The molecule has 2 aliphatic carbocycles. The van der Waals surface area contributed by atoms with Gasteiger partial charge in [-0.1, -0.05) is 346 Å². The van der Waals surface area contributed by atoms with Gasteiger partial charge in [0.15, 0.2) is 0 Å². The second-order valence-corrected chi connectivity index (χ2v) is 33.3. The Morgan fingerprint density at radius 1 is 0.164 bits per heavy atom. The molecule has 0 fully saturated rings. The lowest BCUT2D eigenvalue weighted by molar-refractivity contribution is 0.668. The molecule has 0 saturated carbocycles. The van der Waals surface area contributed by atoms with Gasteiger partial charge in [0, 0.05) is 43.8 Å². The fraction of sp³-hybridized carbons (Fsp3) is 0. The Kier molecular flexibility index (Phi) is 17.0. The van der Waals surface area contributed by atoms with Crippen LogP contribution in [0.2, 0.25) is 0 Å². The zero-order valence-corrected chi connectivity index (χ0v) is 69.0. The number of nitrogens with zero attached hydrogens (tertiary/aromatic N) is 4. The first kappa shape index (κ1) is 73.3. The smallest absolute Gasteiger partial charge is 0.136 e. The Morgan fingerprint density at radius 2 is 0.500 bits per heavy atom. The van der Waals surface area contributed by atoms with Crippen LogP contribution >= 0.6 is 0 Å². The molecule has 0 spiro atoms. The van der Waals surface area contributed by atoms with E-state index < -0.39 is 0 Å². The molecule has 0 N–H and O–H groups in total. The highest BCUT2D eigenvalue weighted by molar-refractivity contribution is 6.30. The van der Waals surface area contributed by atoms with E-state index in [1.165, 1.54) is 82.7 Å². The van der Waals surface area contributed by atoms with Gasteiger partial charge in [0.05, 0.1) is 46.0 Å². The van der Waals surface area contributed by atoms with E-state index in [1.54, 1.807) is 0 Å². The molecule has 0 saturated heterocycles. The van der Waals surface area contributed by atoms with Crippen molar-refractivity contribution in [3.8, 4) is 180 Å². The number of hydrogen-bond donors (Lipinski definition) is 0. The standard InChI is InChI=1S/C66H38N2O.C56H32N2O/c67-39-40-22-24-43(25-23-40)47-31-32-55-48-14-4-5-15-49(48)56-33-34-57(65(47)66(55)56)63-51-17-6-8-19-53(51)64(54-20-9-7-18-52(54)63)60-38-46(41-12-2-1-3-13-41)37-59(68-60)44-28-26-42(27-29-44)45-30-35-62-58(36-45)50-16-10-11-21-61(50)69-62;57-33-34-21-23-36(24-22-34)38-25-28-45-41-15-6-7-16-42(41)46-29-30-47(55(38)56(45)46)43-26-27-44(40-14-5-4-13-39(40)43)50-31-37(35-11-2-1-3-12-35)32-51(58-50)48-18-10-20-53-54(48)49-17-8-9-19-52(49)59-53/h1-38H;1-32H. The minimum atomic E-state index is 0.646. The molecule has 0 unspecified atom stereocenters. The maximum absolute atomic E-state index is 9.74. The van der Waals surface area contributed by atoms with Gasteiger partial charge in [-0.15, -0.1) is 0 Å². The summed E-state index contributed by atoms with van der Waals surface area (Å²) >= 11 is 0. The van der Waals surface area contributed by atoms with Gasteiger partial charge >= 0.3 is 0 Å². The monoisotopic (exact) mass is 1620 g/mol. The van der Waals surface area contributed by atoms with E-state index in [2.05, 4.69) is 382 Å². The molecule has 0 radical (unpaired) electrons. The van der Waals surface area contributed by atoms with Gasteiger partial charge in [-0.3, -0.25) is 0 Å². The lowest BCUT2D eigenvalue weighted by atomic mass is 9.83. The largest absolute Gasteiger partial charge is 0.456 e. The second kappa shape index (κ2) is 29.7. The number of para-hydroxylation sites is 2. The molecule has 0 aliphatic heterocycles. The van der Waals surface area contributed by atoms with Crippen LogP contribution in [0.25, 0.3) is 265 Å². The highest BCUT2D eigenvalue weighted by atomic mass is 16.3. The number of rotatable bonds is 11. The number of furan rings is 2. The predicted molar refractivity (Wildman–Crippen MR) is 529 cm³/mol. The van der Waals surface area contributed by atoms with Crippen molar-refractivity contribution in [1.29, 1.82) is 10.5 Å². The zero-order chi connectivity index (χ0) is 84.6. The van der Waals surface area contributed by atoms with Crippen LogP contribution < -0.4 is 0 Å². The van der Waals surface area contributed by atoms with Crippen molar-refractivity contribution in [3.05, 3.63) is 436 Å². The van der Waals surface area contributed by atoms with Crippen molar-refractivity contribution in [2.45, 2.75) is 0 Å². The van der Waals surface area contributed by atoms with Gasteiger partial charge < -0.3 is 8.83 Å². The minimum absolute atomic E-state index is 0.646. The van der Waals surface area contributed by atoms with Crippen molar-refractivity contribution >= 4 is 97.7 Å². The molecule has 20 aromatic carbocycles. The Hall–Kier alpha value is -17.4. The average molecular weight is 1620 g/mol. The summed E-state index contributed by atoms with van der Waals surface area (Å²) in [7, 11) is 0. The fourth-order valence-corrected chi connectivity index (χ4v) is 20.5. The summed E-state index contributed by atoms with van der Waals surface area (Å²) in [6, 6.07) is 156. The molecule has 4 heterocycles. The van der Waals surface area contributed by atoms with Gasteiger partial charge in [0.2, 0.25) is 0 Å². The van der Waals surface area contributed by atoms with E-state index in [4.69, 9.17) is 18.8 Å². The lowest BCUT2D eigenvalue weighted by Gasteiger charge is -2.21. The molecule has 2 aliphatic rings. The summed E-state index contributed by atoms with van der Waals surface area (Å²) < 4.78 is 12.5. The lowest BCUT2D eigenvalue weighted by Crippen LogP contribution is -1.96. The van der Waals surface area contributed by atoms with E-state index in [-0.39, 0.29) is 0 Å². The highest BCUT2D eigenvalue weighted by Gasteiger charge is 2.31. The van der Waals surface area contributed by atoms with Gasteiger partial charge in [-0.05, 0) is 255 Å². The molecule has 590 valence electrons. The van der Waals surface area contributed by atoms with Gasteiger partial charge in [0.25, 0.3) is 0 Å². The molecule has 0 bridgehead atoms. The quantitative estimate of drug-likeness (QED) is 0.120. The number of pyridine rings is 2. The van der Waals surface area contributed by atoms with Crippen LogP contribution in [0.5, 0.6) is 0 Å². The van der Waals surface area contributed by atoms with Crippen molar-refractivity contribution in [2.24, 2.45) is 0 Å². The number of fused-ring (bicyclic) bond motifs is 15. The van der Waals surface area contributed by atoms with Crippen molar-refractivity contribution < 1.29 is 8.83 Å². The topological polar surface area (TPSA) is 99.6 Å². The summed E-state index contributed by atoms with van der Waals surface area (Å²) in [5, 5.41) is 35.6. The number of aromatic nitrogens is 2. The van der Waals surface area contributed by atoms with Crippen molar-refractivity contribution in [1.82, 2.24) is 9.97 Å². The summed E-state index contributed by atoms with van der Waals surface area (Å²) in [5.74, 6) is 0. The van der Waals surface area contributed by atoms with Crippen molar-refractivity contribution in [2.75, 3.05) is 0 Å². The first-order chi connectivity index (χ1) is 63.4. The molecule has 4 aromatic heterocycles. The van der Waals surface area contributed by atoms with Crippen LogP contribution in [0.3, 0.4) is 0 Å². The molecular formula is C122H70N4O2. The predicted octanol–water partition coefficient (Wildman–Crippen LogP) is 33.1. The van der Waals surface area contributed by atoms with E-state index in [0.717, 1.165) is 182 Å². The third kappa shape index (κ3) is 11.9. The van der Waals surface area contributed by atoms with Crippen LogP contribution in [-0.2, 0) is 0 Å². The number of benzene rings is 20. The zero-order valence-electron chi connectivity index (χ0n) is 69.0. The second-order valence-electron chi connectivity index (χ2n) is 33.3. The Labute approximate surface area is 737 Å². The molecule has 128 heavy (non-hydrogen) atoms. The van der Waals surface area contributed by atoms with Gasteiger partial charge in [-0.25, -0.2) is 9.97 Å². The summed E-state index contributed by atoms with van der Waals surface area (Å²) in [5.41, 5.74) is 38.6. The van der Waals surface area contributed by atoms with Crippen molar-refractivity contribution in [3.63, 3.8) is 0 Å². The molecule has 0 atom stereocenters. The van der Waals surface area contributed by atoms with E-state index in [0.29, 0.717) is 11.1 Å². The fourth-order valence-electron chi connectivity index (χ4n) is 20.5. The normalized spacial score (nSPS) is 11.7. The van der Waals surface area contributed by atoms with Crippen LogP contribution in [0, 0.1) is 22.7 Å². The summed E-state index contributed by atoms with van der Waals surface area (Å²) in [4.78, 5) is 11.1. The average Bonchev–Trinajstić information content (AvgIpc) is 1.45. The van der Waals surface area contributed by atoms with Crippen LogP contribution in [0.4, 0.5) is 0 Å². The first-order valence-corrected chi connectivity index (χ1v) is 43.3. The molecule has 24 aromatic rings. The maximum atomic E-state index is 9.74. The maximum Gasteiger partial charge on any atom is 0.136 e. The van der Waals surface area contributed by atoms with Gasteiger partial charge in [0.1, 0.15) is 22.3 Å². The third-order valence-corrected chi connectivity index (χ3v) is 26.4. The summed E-state index contributed by atoms with van der Waals surface area (Å²) in [6.07, 6.45) is 0. The van der Waals surface area contributed by atoms with Crippen LogP contribution in [0.1, 0.15) is 11.1 Å². The van der Waals surface area contributed by atoms with E-state index >= 15 is 0 Å². The van der Waals surface area contributed by atoms with E-state index in [9.17, 15) is 10.5 Å².